The highest BCUT2D eigenvalue weighted by Crippen LogP contribution is 2.16. The molecule has 4 heteroatoms. The fraction of sp³-hybridized carbons (Fsp3) is 0.200. The lowest BCUT2D eigenvalue weighted by atomic mass is 10.2. The summed E-state index contributed by atoms with van der Waals surface area (Å²) in [6.07, 6.45) is 1.70. The standard InChI is InChI=1S/2C10H10FN/c1-2-9-6-7-5-8(11)3-4-10(7)12-9;1-2-3-4-8-7-9(11)5-6-10(8)12/h3-6,12H,2H2,1H3;5-7H,2,12H2,1H3. The largest absolute Gasteiger partial charge is 0.398 e. The summed E-state index contributed by atoms with van der Waals surface area (Å²) in [7, 11) is 0. The summed E-state index contributed by atoms with van der Waals surface area (Å²) in [5.41, 5.74) is 8.81. The smallest absolute Gasteiger partial charge is 0.124 e. The van der Waals surface area contributed by atoms with Gasteiger partial charge in [0.15, 0.2) is 0 Å². The molecule has 2 aromatic carbocycles. The first-order chi connectivity index (χ1) is 11.5. The van der Waals surface area contributed by atoms with E-state index in [0.29, 0.717) is 11.3 Å². The number of hydrogen-bond donors (Lipinski definition) is 2. The molecular weight excluding hydrogens is 306 g/mol. The molecule has 3 rings (SSSR count). The SMILES string of the molecule is CCC#Cc1cc(F)ccc1N.CCc1cc2cc(F)ccc2[nH]1. The molecule has 0 atom stereocenters. The summed E-state index contributed by atoms with van der Waals surface area (Å²) >= 11 is 0. The first kappa shape index (κ1) is 17.6. The van der Waals surface area contributed by atoms with E-state index < -0.39 is 0 Å². The van der Waals surface area contributed by atoms with Crippen LogP contribution in [0.1, 0.15) is 31.5 Å². The van der Waals surface area contributed by atoms with Gasteiger partial charge in [0.05, 0.1) is 5.56 Å². The molecule has 0 radical (unpaired) electrons. The van der Waals surface area contributed by atoms with E-state index in [4.69, 9.17) is 5.73 Å². The highest BCUT2D eigenvalue weighted by atomic mass is 19.1. The fourth-order valence-electron chi connectivity index (χ4n) is 2.17. The number of H-pyrrole nitrogens is 1. The lowest BCUT2D eigenvalue weighted by Gasteiger charge is -1.96. The molecule has 124 valence electrons. The molecule has 1 heterocycles. The maximum absolute atomic E-state index is 12.7. The van der Waals surface area contributed by atoms with E-state index in [1.807, 2.05) is 13.0 Å². The molecule has 3 aromatic rings. The number of anilines is 1. The maximum atomic E-state index is 12.7. The van der Waals surface area contributed by atoms with Gasteiger partial charge in [0, 0.05) is 28.7 Å². The lowest BCUT2D eigenvalue weighted by Crippen LogP contribution is -1.90. The Balaban J connectivity index is 0.000000174. The molecular formula is C20H20F2N2. The average molecular weight is 326 g/mol. The number of aromatic amines is 1. The quantitative estimate of drug-likeness (QED) is 0.477. The number of aryl methyl sites for hydroxylation is 1. The van der Waals surface area contributed by atoms with E-state index in [0.717, 1.165) is 29.4 Å². The summed E-state index contributed by atoms with van der Waals surface area (Å²) in [6.45, 7) is 4.00. The third kappa shape index (κ3) is 4.60. The molecule has 0 saturated heterocycles. The van der Waals surface area contributed by atoms with Crippen molar-refractivity contribution in [3.05, 3.63) is 65.4 Å². The van der Waals surface area contributed by atoms with Crippen LogP contribution in [0.5, 0.6) is 0 Å². The van der Waals surface area contributed by atoms with Crippen molar-refractivity contribution in [3.63, 3.8) is 0 Å². The number of nitrogens with one attached hydrogen (secondary N) is 1. The molecule has 0 aliphatic carbocycles. The second kappa shape index (κ2) is 8.16. The van der Waals surface area contributed by atoms with Crippen LogP contribution in [0.25, 0.3) is 10.9 Å². The van der Waals surface area contributed by atoms with Crippen LogP contribution in [0.3, 0.4) is 0 Å². The summed E-state index contributed by atoms with van der Waals surface area (Å²) in [5.74, 6) is 5.15. The van der Waals surface area contributed by atoms with Crippen LogP contribution in [-0.2, 0) is 6.42 Å². The Morgan fingerprint density at radius 1 is 1.00 bits per heavy atom. The Labute approximate surface area is 140 Å². The molecule has 0 bridgehead atoms. The van der Waals surface area contributed by atoms with Crippen molar-refractivity contribution in [1.82, 2.24) is 4.98 Å². The van der Waals surface area contributed by atoms with E-state index in [1.165, 1.54) is 24.3 Å². The minimum atomic E-state index is -0.301. The number of fused-ring (bicyclic) bond motifs is 1. The third-order valence-electron chi connectivity index (χ3n) is 3.43. The number of rotatable bonds is 1. The Morgan fingerprint density at radius 3 is 2.42 bits per heavy atom. The zero-order valence-electron chi connectivity index (χ0n) is 13.8. The lowest BCUT2D eigenvalue weighted by molar-refractivity contribution is 0.627. The summed E-state index contributed by atoms with van der Waals surface area (Å²) in [6, 6.07) is 11.0. The van der Waals surface area contributed by atoms with E-state index in [1.54, 1.807) is 12.1 Å². The summed E-state index contributed by atoms with van der Waals surface area (Å²) in [5, 5.41) is 0.951. The van der Waals surface area contributed by atoms with Gasteiger partial charge >= 0.3 is 0 Å². The van der Waals surface area contributed by atoms with E-state index in [9.17, 15) is 8.78 Å². The number of nitrogen functional groups attached to an aromatic ring is 1. The van der Waals surface area contributed by atoms with Crippen LogP contribution >= 0.6 is 0 Å². The number of halogens is 2. The monoisotopic (exact) mass is 326 g/mol. The van der Waals surface area contributed by atoms with Gasteiger partial charge in [0.2, 0.25) is 0 Å². The molecule has 0 aliphatic heterocycles. The second-order valence-electron chi connectivity index (χ2n) is 5.27. The molecule has 2 nitrogen and oxygen atoms in total. The van der Waals surface area contributed by atoms with E-state index >= 15 is 0 Å². The predicted octanol–water partition coefficient (Wildman–Crippen LogP) is 5.04. The molecule has 24 heavy (non-hydrogen) atoms. The third-order valence-corrected chi connectivity index (χ3v) is 3.43. The number of aromatic nitrogens is 1. The highest BCUT2D eigenvalue weighted by molar-refractivity contribution is 5.80. The first-order valence-electron chi connectivity index (χ1n) is 7.84. The molecule has 0 spiro atoms. The topological polar surface area (TPSA) is 41.8 Å². The van der Waals surface area contributed by atoms with Gasteiger partial charge in [-0.3, -0.25) is 0 Å². The van der Waals surface area contributed by atoms with Gasteiger partial charge in [0.1, 0.15) is 11.6 Å². The van der Waals surface area contributed by atoms with Gasteiger partial charge in [-0.25, -0.2) is 8.78 Å². The maximum Gasteiger partial charge on any atom is 0.124 e. The van der Waals surface area contributed by atoms with Crippen LogP contribution in [0.4, 0.5) is 14.5 Å². The Kier molecular flexibility index (Phi) is 5.97. The van der Waals surface area contributed by atoms with Crippen LogP contribution in [-0.4, -0.2) is 4.98 Å². The van der Waals surface area contributed by atoms with Crippen molar-refractivity contribution in [2.45, 2.75) is 26.7 Å². The minimum absolute atomic E-state index is 0.177. The fourth-order valence-corrected chi connectivity index (χ4v) is 2.17. The molecule has 3 N–H and O–H groups in total. The number of nitrogens with two attached hydrogens (primary N) is 1. The van der Waals surface area contributed by atoms with Gasteiger partial charge in [-0.05, 0) is 48.9 Å². The van der Waals surface area contributed by atoms with Crippen LogP contribution in [0.15, 0.2) is 42.5 Å². The van der Waals surface area contributed by atoms with Gasteiger partial charge in [0.25, 0.3) is 0 Å². The number of benzene rings is 2. The van der Waals surface area contributed by atoms with Crippen LogP contribution < -0.4 is 5.73 Å². The van der Waals surface area contributed by atoms with Crippen molar-refractivity contribution in [1.29, 1.82) is 0 Å². The highest BCUT2D eigenvalue weighted by Gasteiger charge is 1.99. The molecule has 0 saturated carbocycles. The van der Waals surface area contributed by atoms with Crippen LogP contribution in [0.2, 0.25) is 0 Å². The average Bonchev–Trinajstić information content (AvgIpc) is 2.98. The Hall–Kier alpha value is -2.80. The zero-order chi connectivity index (χ0) is 17.5. The Bertz CT molecular complexity index is 886. The molecule has 0 fully saturated rings. The molecule has 1 aromatic heterocycles. The first-order valence-corrected chi connectivity index (χ1v) is 7.84. The van der Waals surface area contributed by atoms with Gasteiger partial charge in [-0.15, -0.1) is 0 Å². The Morgan fingerprint density at radius 2 is 1.71 bits per heavy atom. The van der Waals surface area contributed by atoms with Crippen molar-refractivity contribution >= 4 is 16.6 Å². The molecule has 0 amide bonds. The molecule has 0 aliphatic rings. The van der Waals surface area contributed by atoms with Crippen molar-refractivity contribution in [2.75, 3.05) is 5.73 Å². The van der Waals surface area contributed by atoms with Crippen molar-refractivity contribution in [3.8, 4) is 11.8 Å². The van der Waals surface area contributed by atoms with E-state index in [-0.39, 0.29) is 11.6 Å². The van der Waals surface area contributed by atoms with Gasteiger partial charge in [-0.1, -0.05) is 25.7 Å². The van der Waals surface area contributed by atoms with Gasteiger partial charge < -0.3 is 10.7 Å². The normalized spacial score (nSPS) is 9.83. The predicted molar refractivity (Wildman–Crippen MR) is 95.6 cm³/mol. The van der Waals surface area contributed by atoms with E-state index in [2.05, 4.69) is 23.7 Å². The number of hydrogen-bond acceptors (Lipinski definition) is 1. The zero-order valence-corrected chi connectivity index (χ0v) is 13.8. The van der Waals surface area contributed by atoms with Crippen molar-refractivity contribution < 1.29 is 8.78 Å². The van der Waals surface area contributed by atoms with Crippen molar-refractivity contribution in [2.24, 2.45) is 0 Å². The minimum Gasteiger partial charge on any atom is -0.398 e. The summed E-state index contributed by atoms with van der Waals surface area (Å²) in [4.78, 5) is 3.21. The second-order valence-corrected chi connectivity index (χ2v) is 5.27. The summed E-state index contributed by atoms with van der Waals surface area (Å²) < 4.78 is 25.4. The van der Waals surface area contributed by atoms with Crippen LogP contribution in [0, 0.1) is 23.5 Å². The van der Waals surface area contributed by atoms with Gasteiger partial charge in [-0.2, -0.15) is 0 Å². The molecule has 0 unspecified atom stereocenters.